The number of halogens is 4. The third-order valence-corrected chi connectivity index (χ3v) is 5.33. The molecule has 0 aromatic heterocycles. The number of rotatable bonds is 11. The third kappa shape index (κ3) is 9.18. The Morgan fingerprint density at radius 1 is 0.763 bits per heavy atom. The Balaban J connectivity index is 2.43. The molecule has 0 aliphatic heterocycles. The molecule has 0 bridgehead atoms. The molecule has 38 heavy (non-hydrogen) atoms. The maximum Gasteiger partial charge on any atom is 0.416 e. The van der Waals surface area contributed by atoms with Crippen LogP contribution in [0.5, 0.6) is 0 Å². The van der Waals surface area contributed by atoms with E-state index in [-0.39, 0.29) is 11.1 Å². The Morgan fingerprint density at radius 2 is 1.24 bits per heavy atom. The van der Waals surface area contributed by atoms with E-state index in [1.807, 2.05) is 0 Å². The van der Waals surface area contributed by atoms with E-state index < -0.39 is 73.2 Å². The first-order valence-corrected chi connectivity index (χ1v) is 11.2. The van der Waals surface area contributed by atoms with Crippen molar-refractivity contribution in [2.75, 3.05) is 13.6 Å². The van der Waals surface area contributed by atoms with Crippen molar-refractivity contribution in [2.45, 2.75) is 32.4 Å². The van der Waals surface area contributed by atoms with Crippen LogP contribution in [0.25, 0.3) is 0 Å². The lowest BCUT2D eigenvalue weighted by atomic mass is 9.81. The summed E-state index contributed by atoms with van der Waals surface area (Å²) in [5, 5.41) is 0.299. The summed E-state index contributed by atoms with van der Waals surface area (Å²) in [7, 11) is 0. The molecule has 2 aromatic carbocycles. The summed E-state index contributed by atoms with van der Waals surface area (Å²) >= 11 is 5.93. The number of carbonyl (C=O) groups is 5. The molecule has 0 aliphatic rings. The molecule has 2 rings (SSSR count). The van der Waals surface area contributed by atoms with Gasteiger partial charge in [0.15, 0.2) is 11.7 Å². The standard InChI is InChI=1S/C25H22ClF3O9/c1-14(30)35-12-37-23(33)22(24(34)38-13-36-15(2)31)20(16-5-9-19(26)10-6-16)11-21(32)17-3-7-18(8-4-17)25(27,28)29/h3-10,20,22H,11-13H2,1-2H3. The van der Waals surface area contributed by atoms with Gasteiger partial charge in [0.05, 0.1) is 5.56 Å². The number of hydrogen-bond donors (Lipinski definition) is 0. The average molecular weight is 559 g/mol. The van der Waals surface area contributed by atoms with Crippen LogP contribution in [0.15, 0.2) is 48.5 Å². The SMILES string of the molecule is CC(=O)OCOC(=O)C(C(=O)OCOC(C)=O)C(CC(=O)c1ccc(C(F)(F)F)cc1)c1ccc(Cl)cc1. The summed E-state index contributed by atoms with van der Waals surface area (Å²) in [5.41, 5.74) is -0.824. The highest BCUT2D eigenvalue weighted by Gasteiger charge is 2.40. The molecular weight excluding hydrogens is 537 g/mol. The molecule has 2 aromatic rings. The van der Waals surface area contributed by atoms with E-state index in [9.17, 15) is 37.1 Å². The van der Waals surface area contributed by atoms with Crippen molar-refractivity contribution >= 4 is 41.3 Å². The zero-order chi connectivity index (χ0) is 28.5. The van der Waals surface area contributed by atoms with Gasteiger partial charge in [-0.1, -0.05) is 35.9 Å². The van der Waals surface area contributed by atoms with Gasteiger partial charge in [-0.2, -0.15) is 13.2 Å². The number of ketones is 1. The van der Waals surface area contributed by atoms with Gasteiger partial charge < -0.3 is 18.9 Å². The molecule has 13 heteroatoms. The summed E-state index contributed by atoms with van der Waals surface area (Å²) in [5.74, 6) is -7.84. The molecule has 204 valence electrons. The number of benzene rings is 2. The Bertz CT molecular complexity index is 1130. The highest BCUT2D eigenvalue weighted by atomic mass is 35.5. The fraction of sp³-hybridized carbons (Fsp3) is 0.320. The molecule has 1 unspecified atom stereocenters. The first-order valence-electron chi connectivity index (χ1n) is 10.9. The highest BCUT2D eigenvalue weighted by Crippen LogP contribution is 2.34. The van der Waals surface area contributed by atoms with Gasteiger partial charge in [-0.25, -0.2) is 0 Å². The van der Waals surface area contributed by atoms with Gasteiger partial charge in [-0.3, -0.25) is 24.0 Å². The van der Waals surface area contributed by atoms with Gasteiger partial charge in [0.25, 0.3) is 0 Å². The number of Topliss-reactive ketones (excluding diaryl/α,β-unsaturated/α-hetero) is 1. The van der Waals surface area contributed by atoms with Crippen molar-refractivity contribution in [1.29, 1.82) is 0 Å². The predicted octanol–water partition coefficient (Wildman–Crippen LogP) is 4.46. The van der Waals surface area contributed by atoms with Crippen molar-refractivity contribution in [3.8, 4) is 0 Å². The molecular formula is C25H22ClF3O9. The summed E-state index contributed by atoms with van der Waals surface area (Å²) in [6.07, 6.45) is -5.17. The van der Waals surface area contributed by atoms with Crippen LogP contribution in [0.4, 0.5) is 13.2 Å². The van der Waals surface area contributed by atoms with Crippen molar-refractivity contribution in [3.05, 3.63) is 70.2 Å². The van der Waals surface area contributed by atoms with Crippen LogP contribution >= 0.6 is 11.6 Å². The van der Waals surface area contributed by atoms with Crippen molar-refractivity contribution in [2.24, 2.45) is 5.92 Å². The second kappa shape index (κ2) is 13.6. The summed E-state index contributed by atoms with van der Waals surface area (Å²) in [4.78, 5) is 61.0. The van der Waals surface area contributed by atoms with Gasteiger partial charge in [0, 0.05) is 36.8 Å². The minimum Gasteiger partial charge on any atom is -0.428 e. The van der Waals surface area contributed by atoms with E-state index in [0.717, 1.165) is 38.1 Å². The van der Waals surface area contributed by atoms with E-state index >= 15 is 0 Å². The van der Waals surface area contributed by atoms with E-state index in [0.29, 0.717) is 5.02 Å². The molecule has 0 spiro atoms. The second-order valence-corrected chi connectivity index (χ2v) is 8.21. The average Bonchev–Trinajstić information content (AvgIpc) is 2.83. The molecule has 9 nitrogen and oxygen atoms in total. The number of ether oxygens (including phenoxy) is 4. The minimum absolute atomic E-state index is 0.114. The van der Waals surface area contributed by atoms with Crippen molar-refractivity contribution < 1.29 is 56.1 Å². The lowest BCUT2D eigenvalue weighted by Crippen LogP contribution is -2.35. The van der Waals surface area contributed by atoms with E-state index in [1.165, 1.54) is 24.3 Å². The molecule has 0 aliphatic carbocycles. The lowest BCUT2D eigenvalue weighted by Gasteiger charge is -2.24. The lowest BCUT2D eigenvalue weighted by molar-refractivity contribution is -0.179. The number of esters is 4. The maximum absolute atomic E-state index is 13.1. The maximum atomic E-state index is 13.1. The summed E-state index contributed by atoms with van der Waals surface area (Å²) < 4.78 is 57.6. The third-order valence-electron chi connectivity index (χ3n) is 5.07. The summed E-state index contributed by atoms with van der Waals surface area (Å²) in [6, 6.07) is 9.10. The van der Waals surface area contributed by atoms with Crippen molar-refractivity contribution in [1.82, 2.24) is 0 Å². The Labute approximate surface area is 219 Å². The first kappa shape index (κ1) is 30.3. The van der Waals surface area contributed by atoms with E-state index in [1.54, 1.807) is 0 Å². The topological polar surface area (TPSA) is 122 Å². The molecule has 0 heterocycles. The second-order valence-electron chi connectivity index (χ2n) is 7.77. The van der Waals surface area contributed by atoms with Gasteiger partial charge in [-0.15, -0.1) is 0 Å². The molecule has 0 amide bonds. The van der Waals surface area contributed by atoms with Gasteiger partial charge in [0.1, 0.15) is 0 Å². The Hall–Kier alpha value is -3.93. The summed E-state index contributed by atoms with van der Waals surface area (Å²) in [6.45, 7) is 0.417. The van der Waals surface area contributed by atoms with Crippen LogP contribution in [0, 0.1) is 5.92 Å². The molecule has 0 fully saturated rings. The van der Waals surface area contributed by atoms with Crippen LogP contribution in [0.2, 0.25) is 5.02 Å². The predicted molar refractivity (Wildman–Crippen MR) is 124 cm³/mol. The monoisotopic (exact) mass is 558 g/mol. The molecule has 1 atom stereocenters. The molecule has 0 radical (unpaired) electrons. The van der Waals surface area contributed by atoms with Gasteiger partial charge in [-0.05, 0) is 29.8 Å². The van der Waals surface area contributed by atoms with Crippen LogP contribution in [0.1, 0.15) is 47.7 Å². The fourth-order valence-electron chi connectivity index (χ4n) is 3.25. The minimum atomic E-state index is -4.62. The molecule has 0 N–H and O–H groups in total. The Morgan fingerprint density at radius 3 is 1.66 bits per heavy atom. The van der Waals surface area contributed by atoms with Crippen LogP contribution in [0.3, 0.4) is 0 Å². The zero-order valence-electron chi connectivity index (χ0n) is 20.1. The normalized spacial score (nSPS) is 11.9. The number of alkyl halides is 3. The highest BCUT2D eigenvalue weighted by molar-refractivity contribution is 6.30. The molecule has 0 saturated heterocycles. The number of hydrogen-bond acceptors (Lipinski definition) is 9. The largest absolute Gasteiger partial charge is 0.428 e. The Kier molecular flexibility index (Phi) is 10.8. The quantitative estimate of drug-likeness (QED) is 0.170. The molecule has 0 saturated carbocycles. The zero-order valence-corrected chi connectivity index (χ0v) is 20.8. The van der Waals surface area contributed by atoms with Crippen LogP contribution in [-0.2, 0) is 44.3 Å². The fourth-order valence-corrected chi connectivity index (χ4v) is 3.37. The van der Waals surface area contributed by atoms with Gasteiger partial charge >= 0.3 is 30.1 Å². The van der Waals surface area contributed by atoms with E-state index in [4.69, 9.17) is 21.1 Å². The van der Waals surface area contributed by atoms with Crippen LogP contribution < -0.4 is 0 Å². The smallest absolute Gasteiger partial charge is 0.416 e. The van der Waals surface area contributed by atoms with Crippen molar-refractivity contribution in [3.63, 3.8) is 0 Å². The van der Waals surface area contributed by atoms with Gasteiger partial charge in [0.2, 0.25) is 13.6 Å². The first-order chi connectivity index (χ1) is 17.8. The van der Waals surface area contributed by atoms with Crippen LogP contribution in [-0.4, -0.2) is 43.2 Å². The number of carbonyl (C=O) groups excluding carboxylic acids is 5. The van der Waals surface area contributed by atoms with E-state index in [2.05, 4.69) is 9.47 Å².